The smallest absolute Gasteiger partial charge is 0.267 e. The minimum Gasteiger partial charge on any atom is -0.337 e. The summed E-state index contributed by atoms with van der Waals surface area (Å²) in [5.74, 6) is 0.466. The molecule has 1 aliphatic rings. The van der Waals surface area contributed by atoms with Crippen LogP contribution in [0.1, 0.15) is 15.9 Å². The topological polar surface area (TPSA) is 73.0 Å². The highest BCUT2D eigenvalue weighted by Crippen LogP contribution is 2.29. The molecule has 5 rings (SSSR count). The van der Waals surface area contributed by atoms with E-state index in [2.05, 4.69) is 4.98 Å². The Morgan fingerprint density at radius 2 is 2.03 bits per heavy atom. The number of carbonyl (C=O) groups excluding carboxylic acids is 1. The lowest BCUT2D eigenvalue weighted by Gasteiger charge is -2.17. The van der Waals surface area contributed by atoms with Crippen LogP contribution in [0.5, 0.6) is 0 Å². The summed E-state index contributed by atoms with van der Waals surface area (Å²) in [6.07, 6.45) is 3.34. The van der Waals surface area contributed by atoms with Crippen molar-refractivity contribution in [2.75, 3.05) is 12.8 Å². The van der Waals surface area contributed by atoms with Crippen LogP contribution < -0.4 is 5.56 Å². The second-order valence-electron chi connectivity index (χ2n) is 7.18. The van der Waals surface area contributed by atoms with Crippen LogP contribution in [0, 0.1) is 0 Å². The first kappa shape index (κ1) is 19.8. The number of thioether (sulfide) groups is 1. The van der Waals surface area contributed by atoms with Crippen molar-refractivity contribution in [2.24, 2.45) is 0 Å². The first-order valence-electron chi connectivity index (χ1n) is 9.78. The minimum atomic E-state index is -0.339. The zero-order chi connectivity index (χ0) is 21.4. The van der Waals surface area contributed by atoms with E-state index in [4.69, 9.17) is 5.10 Å². The number of fused-ring (bicyclic) bond motifs is 1. The monoisotopic (exact) mass is 449 g/mol. The van der Waals surface area contributed by atoms with Gasteiger partial charge in [-0.15, -0.1) is 11.3 Å². The molecular formula is C22H19N5O2S2. The molecular weight excluding hydrogens is 430 g/mol. The Morgan fingerprint density at radius 1 is 1.19 bits per heavy atom. The van der Waals surface area contributed by atoms with Gasteiger partial charge < -0.3 is 4.90 Å². The Morgan fingerprint density at radius 3 is 2.81 bits per heavy atom. The number of hydrogen-bond acceptors (Lipinski definition) is 6. The van der Waals surface area contributed by atoms with Gasteiger partial charge in [0.15, 0.2) is 5.16 Å². The average molecular weight is 450 g/mol. The molecule has 0 radical (unpaired) electrons. The van der Waals surface area contributed by atoms with E-state index in [-0.39, 0.29) is 17.0 Å². The maximum absolute atomic E-state index is 13.1. The van der Waals surface area contributed by atoms with E-state index < -0.39 is 0 Å². The molecule has 3 aromatic heterocycles. The van der Waals surface area contributed by atoms with Crippen molar-refractivity contribution in [1.82, 2.24) is 24.2 Å². The highest BCUT2D eigenvalue weighted by atomic mass is 32.2. The summed E-state index contributed by atoms with van der Waals surface area (Å²) in [5, 5.41) is 7.46. The summed E-state index contributed by atoms with van der Waals surface area (Å²) in [4.78, 5) is 32.7. The van der Waals surface area contributed by atoms with E-state index in [0.717, 1.165) is 27.6 Å². The standard InChI is InChI=1S/C22H19N5O2S2/c1-25(20(28)17-12-23-22-26(21(17)29)9-11-31-22)13-15-14-27(16-6-3-2-4-7-16)24-19(15)18-8-5-10-30-18/h2-8,10,12,14H,9,11,13H2,1H3. The van der Waals surface area contributed by atoms with Gasteiger partial charge in [-0.1, -0.05) is 36.0 Å². The maximum atomic E-state index is 13.1. The van der Waals surface area contributed by atoms with Crippen molar-refractivity contribution in [1.29, 1.82) is 0 Å². The van der Waals surface area contributed by atoms with Crippen LogP contribution in [0.4, 0.5) is 0 Å². The highest BCUT2D eigenvalue weighted by molar-refractivity contribution is 7.99. The van der Waals surface area contributed by atoms with Crippen LogP contribution in [0.3, 0.4) is 0 Å². The normalized spacial score (nSPS) is 12.7. The molecule has 31 heavy (non-hydrogen) atoms. The summed E-state index contributed by atoms with van der Waals surface area (Å²) in [6, 6.07) is 13.9. The number of aromatic nitrogens is 4. The summed E-state index contributed by atoms with van der Waals surface area (Å²) >= 11 is 3.13. The van der Waals surface area contributed by atoms with Crippen LogP contribution >= 0.6 is 23.1 Å². The van der Waals surface area contributed by atoms with Crippen molar-refractivity contribution in [2.45, 2.75) is 18.2 Å². The molecule has 0 fully saturated rings. The summed E-state index contributed by atoms with van der Waals surface area (Å²) < 4.78 is 3.40. The van der Waals surface area contributed by atoms with Crippen LogP contribution in [0.25, 0.3) is 16.3 Å². The number of nitrogens with zero attached hydrogens (tertiary/aromatic N) is 5. The van der Waals surface area contributed by atoms with Gasteiger partial charge in [0.05, 0.1) is 10.6 Å². The number of thiophene rings is 1. The van der Waals surface area contributed by atoms with E-state index in [1.807, 2.05) is 58.7 Å². The van der Waals surface area contributed by atoms with Gasteiger partial charge in [0, 0.05) is 43.8 Å². The molecule has 1 aliphatic heterocycles. The highest BCUT2D eigenvalue weighted by Gasteiger charge is 2.24. The fourth-order valence-corrected chi connectivity index (χ4v) is 5.21. The molecule has 0 bridgehead atoms. The van der Waals surface area contributed by atoms with E-state index in [1.54, 1.807) is 27.9 Å². The molecule has 0 atom stereocenters. The van der Waals surface area contributed by atoms with Gasteiger partial charge in [0.1, 0.15) is 11.3 Å². The van der Waals surface area contributed by atoms with E-state index in [1.165, 1.54) is 18.0 Å². The number of amides is 1. The summed E-state index contributed by atoms with van der Waals surface area (Å²) in [6.45, 7) is 0.915. The van der Waals surface area contributed by atoms with Gasteiger partial charge in [-0.2, -0.15) is 5.10 Å². The molecule has 0 spiro atoms. The maximum Gasteiger partial charge on any atom is 0.267 e. The van der Waals surface area contributed by atoms with Crippen molar-refractivity contribution in [3.05, 3.63) is 81.7 Å². The zero-order valence-electron chi connectivity index (χ0n) is 16.8. The Bertz CT molecular complexity index is 1300. The number of rotatable bonds is 5. The molecule has 7 nitrogen and oxygen atoms in total. The third-order valence-electron chi connectivity index (χ3n) is 5.11. The number of carbonyl (C=O) groups is 1. The lowest BCUT2D eigenvalue weighted by Crippen LogP contribution is -2.34. The number of benzene rings is 1. The van der Waals surface area contributed by atoms with Gasteiger partial charge in [-0.25, -0.2) is 9.67 Å². The van der Waals surface area contributed by atoms with E-state index >= 15 is 0 Å². The molecule has 1 aromatic carbocycles. The predicted octanol–water partition coefficient (Wildman–Crippen LogP) is 3.54. The van der Waals surface area contributed by atoms with Crippen molar-refractivity contribution >= 4 is 29.0 Å². The van der Waals surface area contributed by atoms with Crippen LogP contribution in [-0.4, -0.2) is 42.9 Å². The fourth-order valence-electron chi connectivity index (χ4n) is 3.56. The molecule has 0 saturated heterocycles. The molecule has 0 saturated carbocycles. The molecule has 0 unspecified atom stereocenters. The van der Waals surface area contributed by atoms with E-state index in [0.29, 0.717) is 18.2 Å². The van der Waals surface area contributed by atoms with Crippen molar-refractivity contribution in [3.8, 4) is 16.3 Å². The number of hydrogen-bond donors (Lipinski definition) is 0. The Hall–Kier alpha value is -3.17. The molecule has 0 N–H and O–H groups in total. The van der Waals surface area contributed by atoms with E-state index in [9.17, 15) is 9.59 Å². The summed E-state index contributed by atoms with van der Waals surface area (Å²) in [7, 11) is 1.70. The Labute approximate surface area is 187 Å². The lowest BCUT2D eigenvalue weighted by molar-refractivity contribution is 0.0782. The molecule has 156 valence electrons. The molecule has 9 heteroatoms. The molecule has 0 aliphatic carbocycles. The Balaban J connectivity index is 1.47. The Kier molecular flexibility index (Phi) is 5.21. The number of para-hydroxylation sites is 1. The molecule has 4 aromatic rings. The first-order valence-corrected chi connectivity index (χ1v) is 11.6. The third-order valence-corrected chi connectivity index (χ3v) is 6.95. The van der Waals surface area contributed by atoms with Crippen LogP contribution in [-0.2, 0) is 13.1 Å². The quantitative estimate of drug-likeness (QED) is 0.436. The van der Waals surface area contributed by atoms with Gasteiger partial charge in [0.2, 0.25) is 0 Å². The van der Waals surface area contributed by atoms with Crippen molar-refractivity contribution in [3.63, 3.8) is 0 Å². The molecule has 1 amide bonds. The van der Waals surface area contributed by atoms with Gasteiger partial charge in [-0.05, 0) is 23.6 Å². The van der Waals surface area contributed by atoms with Crippen molar-refractivity contribution < 1.29 is 4.79 Å². The summed E-state index contributed by atoms with van der Waals surface area (Å²) in [5.41, 5.74) is 2.51. The van der Waals surface area contributed by atoms with Gasteiger partial charge in [0.25, 0.3) is 11.5 Å². The van der Waals surface area contributed by atoms with Gasteiger partial charge in [-0.3, -0.25) is 14.2 Å². The first-order chi connectivity index (χ1) is 15.1. The second kappa shape index (κ2) is 8.16. The van der Waals surface area contributed by atoms with Gasteiger partial charge >= 0.3 is 0 Å². The predicted molar refractivity (Wildman–Crippen MR) is 122 cm³/mol. The molecule has 4 heterocycles. The third kappa shape index (κ3) is 3.70. The largest absolute Gasteiger partial charge is 0.337 e. The SMILES string of the molecule is CN(Cc1cn(-c2ccccc2)nc1-c1cccs1)C(=O)c1cnc2n(c1=O)CCS2. The fraction of sp³-hybridized carbons (Fsp3) is 0.182. The minimum absolute atomic E-state index is 0.0990. The average Bonchev–Trinajstić information content (AvgIpc) is 3.54. The van der Waals surface area contributed by atoms with Crippen LogP contribution in [0.15, 0.2) is 70.2 Å². The van der Waals surface area contributed by atoms with Crippen LogP contribution in [0.2, 0.25) is 0 Å². The lowest BCUT2D eigenvalue weighted by atomic mass is 10.2. The second-order valence-corrected chi connectivity index (χ2v) is 9.19. The zero-order valence-corrected chi connectivity index (χ0v) is 18.4.